The summed E-state index contributed by atoms with van der Waals surface area (Å²) in [7, 11) is 0. The summed E-state index contributed by atoms with van der Waals surface area (Å²) in [5.74, 6) is 0. The Balaban J connectivity index is 2.49. The number of halogens is 3. The molecule has 0 radical (unpaired) electrons. The van der Waals surface area contributed by atoms with Crippen LogP contribution in [0.15, 0.2) is 54.6 Å². The molecule has 0 aromatic heterocycles. The molecule has 114 valence electrons. The molecule has 0 heterocycles. The van der Waals surface area contributed by atoms with Gasteiger partial charge in [-0.05, 0) is 36.3 Å². The van der Waals surface area contributed by atoms with E-state index in [1.807, 2.05) is 0 Å². The standard InChI is InChI=1S/C16H12F3NO2/c1-2-13(14-5-3-4-6-15(14)20(21)22)11-7-9-12(10-8-11)16(17,18)19/h2-10H,1H3/b13-2+. The van der Waals surface area contributed by atoms with Crippen molar-refractivity contribution < 1.29 is 18.1 Å². The molecule has 0 N–H and O–H groups in total. The molecule has 2 rings (SSSR count). The van der Waals surface area contributed by atoms with Gasteiger partial charge in [0.1, 0.15) is 0 Å². The van der Waals surface area contributed by atoms with Gasteiger partial charge in [0.25, 0.3) is 5.69 Å². The Kier molecular flexibility index (Phi) is 4.30. The number of benzene rings is 2. The van der Waals surface area contributed by atoms with E-state index in [0.717, 1.165) is 12.1 Å². The number of nitro groups is 1. The SMILES string of the molecule is C/C=C(\c1ccc(C(F)(F)F)cc1)c1ccccc1[N+](=O)[O-]. The zero-order valence-electron chi connectivity index (χ0n) is 11.6. The first kappa shape index (κ1) is 15.8. The highest BCUT2D eigenvalue weighted by Crippen LogP contribution is 2.33. The highest BCUT2D eigenvalue weighted by Gasteiger charge is 2.30. The van der Waals surface area contributed by atoms with Crippen molar-refractivity contribution in [3.8, 4) is 0 Å². The first-order valence-corrected chi connectivity index (χ1v) is 6.42. The third-order valence-corrected chi connectivity index (χ3v) is 3.20. The number of nitrogens with zero attached hydrogens (tertiary/aromatic N) is 1. The van der Waals surface area contributed by atoms with E-state index in [1.54, 1.807) is 31.2 Å². The third kappa shape index (κ3) is 3.16. The van der Waals surface area contributed by atoms with E-state index >= 15 is 0 Å². The Hall–Kier alpha value is -2.63. The molecule has 0 spiro atoms. The van der Waals surface area contributed by atoms with Crippen LogP contribution in [0.5, 0.6) is 0 Å². The van der Waals surface area contributed by atoms with E-state index < -0.39 is 16.7 Å². The van der Waals surface area contributed by atoms with Crippen LogP contribution in [0.3, 0.4) is 0 Å². The summed E-state index contributed by atoms with van der Waals surface area (Å²) in [6.45, 7) is 1.68. The van der Waals surface area contributed by atoms with E-state index in [1.165, 1.54) is 18.2 Å². The van der Waals surface area contributed by atoms with Crippen molar-refractivity contribution in [2.45, 2.75) is 13.1 Å². The first-order valence-electron chi connectivity index (χ1n) is 6.42. The zero-order chi connectivity index (χ0) is 16.3. The fourth-order valence-electron chi connectivity index (χ4n) is 2.18. The lowest BCUT2D eigenvalue weighted by atomic mass is 9.95. The molecule has 0 aliphatic heterocycles. The molecule has 0 bridgehead atoms. The van der Waals surface area contributed by atoms with Gasteiger partial charge < -0.3 is 0 Å². The molecule has 2 aromatic carbocycles. The highest BCUT2D eigenvalue weighted by atomic mass is 19.4. The lowest BCUT2D eigenvalue weighted by Gasteiger charge is -2.11. The molecule has 3 nitrogen and oxygen atoms in total. The largest absolute Gasteiger partial charge is 0.416 e. The Morgan fingerprint density at radius 2 is 1.68 bits per heavy atom. The van der Waals surface area contributed by atoms with Crippen LogP contribution in [-0.4, -0.2) is 4.92 Å². The van der Waals surface area contributed by atoms with Crippen LogP contribution in [0.2, 0.25) is 0 Å². The van der Waals surface area contributed by atoms with Crippen LogP contribution in [-0.2, 0) is 6.18 Å². The van der Waals surface area contributed by atoms with Crippen molar-refractivity contribution in [2.24, 2.45) is 0 Å². The summed E-state index contributed by atoms with van der Waals surface area (Å²) in [4.78, 5) is 10.6. The summed E-state index contributed by atoms with van der Waals surface area (Å²) in [6.07, 6.45) is -2.77. The second-order valence-electron chi connectivity index (χ2n) is 4.55. The fraction of sp³-hybridized carbons (Fsp3) is 0.125. The van der Waals surface area contributed by atoms with Gasteiger partial charge in [-0.25, -0.2) is 0 Å². The van der Waals surface area contributed by atoms with Gasteiger partial charge in [-0.3, -0.25) is 10.1 Å². The van der Waals surface area contributed by atoms with Crippen LogP contribution < -0.4 is 0 Å². The quantitative estimate of drug-likeness (QED) is 0.587. The molecule has 0 saturated heterocycles. The van der Waals surface area contributed by atoms with Gasteiger partial charge in [-0.1, -0.05) is 30.3 Å². The predicted octanol–water partition coefficient (Wildman–Crippen LogP) is 5.07. The molecule has 6 heteroatoms. The number of nitro benzene ring substituents is 1. The molecule has 0 amide bonds. The van der Waals surface area contributed by atoms with Crippen LogP contribution >= 0.6 is 0 Å². The van der Waals surface area contributed by atoms with Gasteiger partial charge in [0, 0.05) is 6.07 Å². The van der Waals surface area contributed by atoms with Crippen LogP contribution in [0.1, 0.15) is 23.6 Å². The predicted molar refractivity (Wildman–Crippen MR) is 77.3 cm³/mol. The Bertz CT molecular complexity index is 719. The van der Waals surface area contributed by atoms with Crippen LogP contribution in [0, 0.1) is 10.1 Å². The molecular weight excluding hydrogens is 295 g/mol. The highest BCUT2D eigenvalue weighted by molar-refractivity contribution is 5.84. The topological polar surface area (TPSA) is 43.1 Å². The summed E-state index contributed by atoms with van der Waals surface area (Å²) < 4.78 is 37.8. The average molecular weight is 307 g/mol. The normalized spacial score (nSPS) is 12.3. The fourth-order valence-corrected chi connectivity index (χ4v) is 2.18. The van der Waals surface area contributed by atoms with Crippen molar-refractivity contribution in [1.82, 2.24) is 0 Å². The maximum absolute atomic E-state index is 12.6. The minimum atomic E-state index is -4.41. The molecular formula is C16H12F3NO2. The maximum atomic E-state index is 12.6. The summed E-state index contributed by atoms with van der Waals surface area (Å²) in [5.41, 5.74) is 0.533. The van der Waals surface area contributed by atoms with Gasteiger partial charge in [0.05, 0.1) is 16.1 Å². The second-order valence-corrected chi connectivity index (χ2v) is 4.55. The van der Waals surface area contributed by atoms with Crippen LogP contribution in [0.4, 0.5) is 18.9 Å². The molecule has 22 heavy (non-hydrogen) atoms. The molecule has 0 atom stereocenters. The van der Waals surface area contributed by atoms with Crippen molar-refractivity contribution >= 4 is 11.3 Å². The molecule has 0 aliphatic rings. The third-order valence-electron chi connectivity index (χ3n) is 3.20. The maximum Gasteiger partial charge on any atom is 0.416 e. The molecule has 0 fully saturated rings. The number of allylic oxidation sites excluding steroid dienone is 1. The number of hydrogen-bond acceptors (Lipinski definition) is 2. The number of rotatable bonds is 3. The Labute approximate surface area is 124 Å². The van der Waals surface area contributed by atoms with Crippen molar-refractivity contribution in [2.75, 3.05) is 0 Å². The zero-order valence-corrected chi connectivity index (χ0v) is 11.6. The van der Waals surface area contributed by atoms with E-state index in [2.05, 4.69) is 0 Å². The minimum Gasteiger partial charge on any atom is -0.258 e. The number of hydrogen-bond donors (Lipinski definition) is 0. The Morgan fingerprint density at radius 3 is 2.18 bits per heavy atom. The molecule has 2 aromatic rings. The lowest BCUT2D eigenvalue weighted by Crippen LogP contribution is -2.04. The van der Waals surface area contributed by atoms with Gasteiger partial charge in [-0.15, -0.1) is 0 Å². The minimum absolute atomic E-state index is 0.0875. The first-order chi connectivity index (χ1) is 10.3. The summed E-state index contributed by atoms with van der Waals surface area (Å²) in [5, 5.41) is 11.1. The smallest absolute Gasteiger partial charge is 0.258 e. The van der Waals surface area contributed by atoms with Crippen molar-refractivity contribution in [3.05, 3.63) is 81.4 Å². The van der Waals surface area contributed by atoms with Gasteiger partial charge in [0.2, 0.25) is 0 Å². The summed E-state index contributed by atoms with van der Waals surface area (Å²) in [6, 6.07) is 10.7. The van der Waals surface area contributed by atoms with Crippen LogP contribution in [0.25, 0.3) is 5.57 Å². The second kappa shape index (κ2) is 6.01. The molecule has 0 saturated carbocycles. The van der Waals surface area contributed by atoms with E-state index in [0.29, 0.717) is 16.7 Å². The monoisotopic (exact) mass is 307 g/mol. The van der Waals surface area contributed by atoms with Crippen molar-refractivity contribution in [3.63, 3.8) is 0 Å². The van der Waals surface area contributed by atoms with E-state index in [4.69, 9.17) is 0 Å². The number of para-hydroxylation sites is 1. The Morgan fingerprint density at radius 1 is 1.09 bits per heavy atom. The summed E-state index contributed by atoms with van der Waals surface area (Å²) >= 11 is 0. The van der Waals surface area contributed by atoms with Gasteiger partial charge in [-0.2, -0.15) is 13.2 Å². The molecule has 0 aliphatic carbocycles. The van der Waals surface area contributed by atoms with E-state index in [9.17, 15) is 23.3 Å². The van der Waals surface area contributed by atoms with Crippen molar-refractivity contribution in [1.29, 1.82) is 0 Å². The number of alkyl halides is 3. The lowest BCUT2D eigenvalue weighted by molar-refractivity contribution is -0.385. The van der Waals surface area contributed by atoms with Gasteiger partial charge >= 0.3 is 6.18 Å². The van der Waals surface area contributed by atoms with Gasteiger partial charge in [0.15, 0.2) is 0 Å². The average Bonchev–Trinajstić information content (AvgIpc) is 2.48. The molecule has 0 unspecified atom stereocenters. The van der Waals surface area contributed by atoms with E-state index in [-0.39, 0.29) is 5.69 Å².